The second-order valence-corrected chi connectivity index (χ2v) is 5.57. The predicted octanol–water partition coefficient (Wildman–Crippen LogP) is 2.05. The summed E-state index contributed by atoms with van der Waals surface area (Å²) in [6.07, 6.45) is 6.75. The summed E-state index contributed by atoms with van der Waals surface area (Å²) in [5, 5.41) is 28.0. The average molecular weight is 270 g/mol. The van der Waals surface area contributed by atoms with Crippen molar-refractivity contribution in [2.24, 2.45) is 11.3 Å². The summed E-state index contributed by atoms with van der Waals surface area (Å²) in [6.45, 7) is 3.73. The Hall–Kier alpha value is -1.36. The van der Waals surface area contributed by atoms with Crippen LogP contribution in [0.4, 0.5) is 0 Å². The van der Waals surface area contributed by atoms with Gasteiger partial charge in [0.25, 0.3) is 0 Å². The molecule has 0 spiro atoms. The molecule has 0 aromatic carbocycles. The molecule has 0 bridgehead atoms. The maximum Gasteiger partial charge on any atom is 0.321 e. The van der Waals surface area contributed by atoms with Crippen LogP contribution in [0, 0.1) is 11.3 Å². The Morgan fingerprint density at radius 3 is 2.32 bits per heavy atom. The maximum atomic E-state index is 11.0. The van der Waals surface area contributed by atoms with Gasteiger partial charge in [-0.25, -0.2) is 0 Å². The molecule has 108 valence electrons. The minimum atomic E-state index is -1.68. The zero-order valence-corrected chi connectivity index (χ0v) is 11.4. The number of hydrogen-bond acceptors (Lipinski definition) is 3. The molecule has 3 N–H and O–H groups in total. The lowest BCUT2D eigenvalue weighted by atomic mass is 9.96. The fourth-order valence-corrected chi connectivity index (χ4v) is 2.24. The zero-order valence-electron chi connectivity index (χ0n) is 11.4. The van der Waals surface area contributed by atoms with Crippen molar-refractivity contribution in [1.29, 1.82) is 0 Å². The summed E-state index contributed by atoms with van der Waals surface area (Å²) < 4.78 is 0. The lowest BCUT2D eigenvalue weighted by Gasteiger charge is -2.18. The van der Waals surface area contributed by atoms with Crippen molar-refractivity contribution in [1.82, 2.24) is 0 Å². The molecule has 2 unspecified atom stereocenters. The van der Waals surface area contributed by atoms with Gasteiger partial charge in [0.1, 0.15) is 0 Å². The number of carboxylic acids is 2. The highest BCUT2D eigenvalue weighted by atomic mass is 16.4. The molecule has 5 nitrogen and oxygen atoms in total. The summed E-state index contributed by atoms with van der Waals surface area (Å²) in [5.41, 5.74) is -2.68. The Balaban J connectivity index is 2.59. The van der Waals surface area contributed by atoms with Crippen molar-refractivity contribution in [3.63, 3.8) is 0 Å². The third-order valence-electron chi connectivity index (χ3n) is 3.75. The molecule has 1 saturated carbocycles. The second-order valence-electron chi connectivity index (χ2n) is 5.57. The largest absolute Gasteiger partial charge is 0.480 e. The normalized spacial score (nSPS) is 24.1. The molecule has 1 rings (SSSR count). The van der Waals surface area contributed by atoms with Crippen molar-refractivity contribution < 1.29 is 24.9 Å². The Morgan fingerprint density at radius 2 is 1.89 bits per heavy atom. The zero-order chi connectivity index (χ0) is 14.7. The molecule has 0 aromatic heterocycles. The molecule has 5 heteroatoms. The van der Waals surface area contributed by atoms with Crippen LogP contribution in [0.25, 0.3) is 0 Å². The molecular formula is C14H22O5. The average Bonchev–Trinajstić information content (AvgIpc) is 3.02. The summed E-state index contributed by atoms with van der Waals surface area (Å²) in [5.74, 6) is -3.14. The smallest absolute Gasteiger partial charge is 0.321 e. The molecule has 0 amide bonds. The van der Waals surface area contributed by atoms with Gasteiger partial charge in [0.05, 0.1) is 5.60 Å². The van der Waals surface area contributed by atoms with Gasteiger partial charge in [0.15, 0.2) is 5.41 Å². The first-order valence-electron chi connectivity index (χ1n) is 6.65. The van der Waals surface area contributed by atoms with Crippen LogP contribution < -0.4 is 0 Å². The van der Waals surface area contributed by atoms with Crippen LogP contribution in [-0.2, 0) is 9.59 Å². The molecule has 2 atom stereocenters. The Bertz CT molecular complexity index is 369. The molecule has 19 heavy (non-hydrogen) atoms. The maximum absolute atomic E-state index is 11.0. The van der Waals surface area contributed by atoms with Gasteiger partial charge in [-0.3, -0.25) is 9.59 Å². The molecular weight excluding hydrogens is 248 g/mol. The number of unbranched alkanes of at least 4 members (excludes halogenated alkanes) is 2. The Labute approximate surface area is 112 Å². The summed E-state index contributed by atoms with van der Waals surface area (Å²) in [7, 11) is 0. The first kappa shape index (κ1) is 15.7. The van der Waals surface area contributed by atoms with Crippen molar-refractivity contribution >= 4 is 11.9 Å². The van der Waals surface area contributed by atoms with Crippen molar-refractivity contribution in [2.45, 2.75) is 51.6 Å². The van der Waals surface area contributed by atoms with E-state index in [1.807, 2.05) is 0 Å². The van der Waals surface area contributed by atoms with Crippen LogP contribution in [0.3, 0.4) is 0 Å². The minimum absolute atomic E-state index is 0.0964. The molecule has 1 aliphatic carbocycles. The lowest BCUT2D eigenvalue weighted by Crippen LogP contribution is -2.27. The SMILES string of the molecule is CCCCCC(C)(O)/C=C/C1CC1(C(=O)O)C(=O)O. The Morgan fingerprint density at radius 1 is 1.32 bits per heavy atom. The summed E-state index contributed by atoms with van der Waals surface area (Å²) >= 11 is 0. The van der Waals surface area contributed by atoms with E-state index in [1.165, 1.54) is 6.08 Å². The number of hydrogen-bond donors (Lipinski definition) is 3. The van der Waals surface area contributed by atoms with Crippen LogP contribution in [0.15, 0.2) is 12.2 Å². The Kier molecular flexibility index (Phi) is 4.74. The van der Waals surface area contributed by atoms with Crippen molar-refractivity contribution in [3.05, 3.63) is 12.2 Å². The van der Waals surface area contributed by atoms with Crippen LogP contribution in [-0.4, -0.2) is 32.9 Å². The molecule has 1 aliphatic rings. The van der Waals surface area contributed by atoms with Crippen LogP contribution >= 0.6 is 0 Å². The second kappa shape index (κ2) is 5.74. The van der Waals surface area contributed by atoms with E-state index in [2.05, 4.69) is 6.92 Å². The van der Waals surface area contributed by atoms with Gasteiger partial charge >= 0.3 is 11.9 Å². The molecule has 0 heterocycles. The van der Waals surface area contributed by atoms with E-state index in [-0.39, 0.29) is 6.42 Å². The number of aliphatic hydroxyl groups is 1. The van der Waals surface area contributed by atoms with E-state index in [4.69, 9.17) is 10.2 Å². The monoisotopic (exact) mass is 270 g/mol. The van der Waals surface area contributed by atoms with Gasteiger partial charge in [0.2, 0.25) is 0 Å². The highest BCUT2D eigenvalue weighted by molar-refractivity contribution is 6.02. The quantitative estimate of drug-likeness (QED) is 0.356. The lowest BCUT2D eigenvalue weighted by molar-refractivity contribution is -0.157. The number of rotatable bonds is 8. The fraction of sp³-hybridized carbons (Fsp3) is 0.714. The number of carbonyl (C=O) groups is 2. The van der Waals surface area contributed by atoms with Gasteiger partial charge in [0, 0.05) is 5.92 Å². The van der Waals surface area contributed by atoms with Crippen molar-refractivity contribution in [3.8, 4) is 0 Å². The molecule has 0 radical (unpaired) electrons. The van der Waals surface area contributed by atoms with Gasteiger partial charge in [-0.2, -0.15) is 0 Å². The minimum Gasteiger partial charge on any atom is -0.480 e. The summed E-state index contributed by atoms with van der Waals surface area (Å²) in [4.78, 5) is 22.0. The topological polar surface area (TPSA) is 94.8 Å². The van der Waals surface area contributed by atoms with Crippen molar-refractivity contribution in [2.75, 3.05) is 0 Å². The van der Waals surface area contributed by atoms with Gasteiger partial charge < -0.3 is 15.3 Å². The van der Waals surface area contributed by atoms with Crippen LogP contribution in [0.1, 0.15) is 46.0 Å². The molecule has 0 saturated heterocycles. The molecule has 1 fully saturated rings. The molecule has 0 aliphatic heterocycles. The number of carboxylic acid groups (broad SMARTS) is 2. The van der Waals surface area contributed by atoms with E-state index in [0.717, 1.165) is 19.3 Å². The van der Waals surface area contributed by atoms with E-state index >= 15 is 0 Å². The van der Waals surface area contributed by atoms with Gasteiger partial charge in [-0.05, 0) is 19.8 Å². The predicted molar refractivity (Wildman–Crippen MR) is 69.7 cm³/mol. The van der Waals surface area contributed by atoms with Crippen LogP contribution in [0.5, 0.6) is 0 Å². The molecule has 0 aromatic rings. The van der Waals surface area contributed by atoms with E-state index in [0.29, 0.717) is 6.42 Å². The summed E-state index contributed by atoms with van der Waals surface area (Å²) in [6, 6.07) is 0. The first-order valence-corrected chi connectivity index (χ1v) is 6.65. The third kappa shape index (κ3) is 3.56. The van der Waals surface area contributed by atoms with Gasteiger partial charge in [-0.15, -0.1) is 0 Å². The van der Waals surface area contributed by atoms with E-state index in [9.17, 15) is 14.7 Å². The fourth-order valence-electron chi connectivity index (χ4n) is 2.24. The number of allylic oxidation sites excluding steroid dienone is 1. The standard InChI is InChI=1S/C14H22O5/c1-3-4-5-7-13(2,19)8-6-10-9-14(10,11(15)16)12(17)18/h6,8,10,19H,3-5,7,9H2,1-2H3,(H,15,16)(H,17,18)/b8-6+. The third-order valence-corrected chi connectivity index (χ3v) is 3.75. The number of aliphatic carboxylic acids is 2. The highest BCUT2D eigenvalue weighted by Gasteiger charge is 2.65. The highest BCUT2D eigenvalue weighted by Crippen LogP contribution is 2.54. The first-order chi connectivity index (χ1) is 8.76. The van der Waals surface area contributed by atoms with E-state index in [1.54, 1.807) is 13.0 Å². The van der Waals surface area contributed by atoms with Crippen LogP contribution in [0.2, 0.25) is 0 Å². The van der Waals surface area contributed by atoms with E-state index < -0.39 is 28.9 Å². The van der Waals surface area contributed by atoms with Gasteiger partial charge in [-0.1, -0.05) is 38.3 Å².